The van der Waals surface area contributed by atoms with Crippen LogP contribution in [0.4, 0.5) is 0 Å². The van der Waals surface area contributed by atoms with Crippen molar-refractivity contribution in [1.29, 1.82) is 0 Å². The van der Waals surface area contributed by atoms with Gasteiger partial charge >= 0.3 is 0 Å². The molecule has 1 unspecified atom stereocenters. The molecule has 0 radical (unpaired) electrons. The second-order valence-corrected chi connectivity index (χ2v) is 5.02. The minimum Gasteiger partial charge on any atom is -0.292 e. The van der Waals surface area contributed by atoms with Crippen LogP contribution in [-0.2, 0) is 0 Å². The Labute approximate surface area is 104 Å². The van der Waals surface area contributed by atoms with E-state index in [1.54, 1.807) is 0 Å². The Kier molecular flexibility index (Phi) is 3.63. The first-order valence-corrected chi connectivity index (χ1v) is 6.53. The number of carbonyl (C=O) groups excluding carboxylic acids is 1. The Morgan fingerprint density at radius 2 is 1.82 bits per heavy atom. The van der Waals surface area contributed by atoms with Crippen molar-refractivity contribution in [2.75, 3.05) is 13.1 Å². The summed E-state index contributed by atoms with van der Waals surface area (Å²) in [4.78, 5) is 15.0. The summed E-state index contributed by atoms with van der Waals surface area (Å²) >= 11 is 0. The standard InChI is InChI=1S/C15H21NO/c1-3-15(2,16-11-7-8-12-16)14(17)13-9-5-4-6-10-13/h4-6,9-10H,3,7-8,11-12H2,1-2H3. The molecule has 0 N–H and O–H groups in total. The number of hydrogen-bond donors (Lipinski definition) is 0. The average molecular weight is 231 g/mol. The first-order chi connectivity index (χ1) is 8.18. The lowest BCUT2D eigenvalue weighted by Gasteiger charge is -2.36. The van der Waals surface area contributed by atoms with Gasteiger partial charge in [0, 0.05) is 5.56 Å². The van der Waals surface area contributed by atoms with Gasteiger partial charge in [0.1, 0.15) is 0 Å². The van der Waals surface area contributed by atoms with Crippen LogP contribution in [0.25, 0.3) is 0 Å². The topological polar surface area (TPSA) is 20.3 Å². The quantitative estimate of drug-likeness (QED) is 0.742. The van der Waals surface area contributed by atoms with Gasteiger partial charge in [-0.3, -0.25) is 9.69 Å². The monoisotopic (exact) mass is 231 g/mol. The van der Waals surface area contributed by atoms with E-state index in [0.29, 0.717) is 0 Å². The Bertz CT molecular complexity index is 381. The smallest absolute Gasteiger partial charge is 0.182 e. The number of ketones is 1. The molecule has 17 heavy (non-hydrogen) atoms. The van der Waals surface area contributed by atoms with Gasteiger partial charge in [0.05, 0.1) is 5.54 Å². The molecule has 2 heteroatoms. The first-order valence-electron chi connectivity index (χ1n) is 6.53. The van der Waals surface area contributed by atoms with Gasteiger partial charge in [-0.15, -0.1) is 0 Å². The summed E-state index contributed by atoms with van der Waals surface area (Å²) in [7, 11) is 0. The van der Waals surface area contributed by atoms with Gasteiger partial charge in [-0.2, -0.15) is 0 Å². The fraction of sp³-hybridized carbons (Fsp3) is 0.533. The molecule has 1 aliphatic heterocycles. The lowest BCUT2D eigenvalue weighted by Crippen LogP contribution is -2.50. The minimum atomic E-state index is -0.322. The molecule has 1 fully saturated rings. The van der Waals surface area contributed by atoms with Crippen molar-refractivity contribution in [3.05, 3.63) is 35.9 Å². The summed E-state index contributed by atoms with van der Waals surface area (Å²) in [6.07, 6.45) is 3.32. The zero-order valence-electron chi connectivity index (χ0n) is 10.8. The molecule has 2 nitrogen and oxygen atoms in total. The largest absolute Gasteiger partial charge is 0.292 e. The number of nitrogens with zero attached hydrogens (tertiary/aromatic N) is 1. The summed E-state index contributed by atoms with van der Waals surface area (Å²) in [5.74, 6) is 0.266. The molecule has 0 bridgehead atoms. The van der Waals surface area contributed by atoms with Gasteiger partial charge in [-0.1, -0.05) is 37.3 Å². The maximum atomic E-state index is 12.6. The molecular weight excluding hydrogens is 210 g/mol. The Morgan fingerprint density at radius 1 is 1.24 bits per heavy atom. The van der Waals surface area contributed by atoms with Crippen LogP contribution in [0.1, 0.15) is 43.5 Å². The summed E-state index contributed by atoms with van der Waals surface area (Å²) in [6, 6.07) is 9.68. The molecule has 0 spiro atoms. The SMILES string of the molecule is CCC(C)(C(=O)c1ccccc1)N1CCCC1. The van der Waals surface area contributed by atoms with Gasteiger partial charge in [0.2, 0.25) is 0 Å². The fourth-order valence-electron chi connectivity index (χ4n) is 2.64. The highest BCUT2D eigenvalue weighted by molar-refractivity contribution is 6.02. The van der Waals surface area contributed by atoms with Crippen molar-refractivity contribution in [3.63, 3.8) is 0 Å². The molecule has 0 saturated carbocycles. The van der Waals surface area contributed by atoms with Gasteiger partial charge in [0.15, 0.2) is 5.78 Å². The van der Waals surface area contributed by atoms with Crippen molar-refractivity contribution < 1.29 is 4.79 Å². The third kappa shape index (κ3) is 2.27. The van der Waals surface area contributed by atoms with Gasteiger partial charge in [-0.05, 0) is 39.3 Å². The summed E-state index contributed by atoms with van der Waals surface area (Å²) in [5.41, 5.74) is 0.515. The van der Waals surface area contributed by atoms with E-state index in [0.717, 1.165) is 25.1 Å². The van der Waals surface area contributed by atoms with Crippen LogP contribution in [0.2, 0.25) is 0 Å². The van der Waals surface area contributed by atoms with Crippen LogP contribution in [0.15, 0.2) is 30.3 Å². The van der Waals surface area contributed by atoms with Gasteiger partial charge in [0.25, 0.3) is 0 Å². The molecule has 1 aromatic carbocycles. The number of likely N-dealkylation sites (tertiary alicyclic amines) is 1. The molecule has 1 atom stereocenters. The maximum Gasteiger partial charge on any atom is 0.182 e. The van der Waals surface area contributed by atoms with E-state index in [-0.39, 0.29) is 11.3 Å². The molecule has 1 aliphatic rings. The molecule has 0 aromatic heterocycles. The molecule has 92 valence electrons. The van der Waals surface area contributed by atoms with Crippen molar-refractivity contribution in [1.82, 2.24) is 4.90 Å². The Balaban J connectivity index is 2.25. The maximum absolute atomic E-state index is 12.6. The molecule has 1 heterocycles. The predicted molar refractivity (Wildman–Crippen MR) is 70.3 cm³/mol. The van der Waals surface area contributed by atoms with Crippen LogP contribution < -0.4 is 0 Å². The van der Waals surface area contributed by atoms with E-state index in [9.17, 15) is 4.79 Å². The third-order valence-electron chi connectivity index (χ3n) is 4.02. The van der Waals surface area contributed by atoms with E-state index in [2.05, 4.69) is 18.7 Å². The van der Waals surface area contributed by atoms with Crippen molar-refractivity contribution in [2.45, 2.75) is 38.6 Å². The first kappa shape index (κ1) is 12.3. The Morgan fingerprint density at radius 3 is 2.35 bits per heavy atom. The molecule has 1 aromatic rings. The lowest BCUT2D eigenvalue weighted by atomic mass is 9.87. The predicted octanol–water partition coefficient (Wildman–Crippen LogP) is 3.13. The molecule has 1 saturated heterocycles. The number of rotatable bonds is 4. The minimum absolute atomic E-state index is 0.266. The summed E-state index contributed by atoms with van der Waals surface area (Å²) in [6.45, 7) is 6.32. The van der Waals surface area contributed by atoms with Crippen LogP contribution in [-0.4, -0.2) is 29.3 Å². The van der Waals surface area contributed by atoms with Crippen molar-refractivity contribution in [2.24, 2.45) is 0 Å². The normalized spacial score (nSPS) is 20.1. The lowest BCUT2D eigenvalue weighted by molar-refractivity contribution is 0.0647. The number of Topliss-reactive ketones (excluding diaryl/α,β-unsaturated/α-hetero) is 1. The summed E-state index contributed by atoms with van der Waals surface area (Å²) < 4.78 is 0. The van der Waals surface area contributed by atoms with E-state index < -0.39 is 0 Å². The van der Waals surface area contributed by atoms with Crippen LogP contribution in [0, 0.1) is 0 Å². The van der Waals surface area contributed by atoms with Crippen molar-refractivity contribution in [3.8, 4) is 0 Å². The zero-order valence-corrected chi connectivity index (χ0v) is 10.8. The van der Waals surface area contributed by atoms with E-state index in [1.807, 2.05) is 30.3 Å². The highest BCUT2D eigenvalue weighted by Crippen LogP contribution is 2.28. The van der Waals surface area contributed by atoms with Crippen LogP contribution >= 0.6 is 0 Å². The van der Waals surface area contributed by atoms with E-state index in [1.165, 1.54) is 12.8 Å². The molecule has 0 aliphatic carbocycles. The number of carbonyl (C=O) groups is 1. The van der Waals surface area contributed by atoms with Crippen molar-refractivity contribution >= 4 is 5.78 Å². The van der Waals surface area contributed by atoms with Crippen LogP contribution in [0.3, 0.4) is 0 Å². The van der Waals surface area contributed by atoms with E-state index >= 15 is 0 Å². The highest BCUT2D eigenvalue weighted by atomic mass is 16.1. The van der Waals surface area contributed by atoms with Crippen LogP contribution in [0.5, 0.6) is 0 Å². The number of benzene rings is 1. The molecule has 2 rings (SSSR count). The second kappa shape index (κ2) is 5.01. The number of hydrogen-bond acceptors (Lipinski definition) is 2. The fourth-order valence-corrected chi connectivity index (χ4v) is 2.64. The second-order valence-electron chi connectivity index (χ2n) is 5.02. The zero-order chi connectivity index (χ0) is 12.3. The summed E-state index contributed by atoms with van der Waals surface area (Å²) in [5, 5.41) is 0. The Hall–Kier alpha value is -1.15. The van der Waals surface area contributed by atoms with E-state index in [4.69, 9.17) is 0 Å². The average Bonchev–Trinajstić information content (AvgIpc) is 2.92. The van der Waals surface area contributed by atoms with Gasteiger partial charge in [-0.25, -0.2) is 0 Å². The van der Waals surface area contributed by atoms with Gasteiger partial charge < -0.3 is 0 Å². The third-order valence-corrected chi connectivity index (χ3v) is 4.02. The molecule has 0 amide bonds. The highest BCUT2D eigenvalue weighted by Gasteiger charge is 2.39. The molecular formula is C15H21NO.